The van der Waals surface area contributed by atoms with E-state index >= 15 is 0 Å². The number of Topliss-reactive ketones (excluding diaryl/α,β-unsaturated/α-hetero) is 1. The Bertz CT molecular complexity index is 733. The van der Waals surface area contributed by atoms with E-state index in [1.54, 1.807) is 31.2 Å². The molecule has 0 aliphatic rings. The largest absolute Gasteiger partial charge is 0.360 e. The number of hydrogen-bond acceptors (Lipinski definition) is 5. The van der Waals surface area contributed by atoms with Crippen LogP contribution in [0, 0.1) is 18.3 Å². The lowest BCUT2D eigenvalue weighted by molar-refractivity contribution is -0.135. The number of halogens is 1. The summed E-state index contributed by atoms with van der Waals surface area (Å²) in [5, 5.41) is 15.3. The molecule has 0 bridgehead atoms. The minimum Gasteiger partial charge on any atom is -0.360 e. The Hall–Kier alpha value is -2.65. The van der Waals surface area contributed by atoms with Crippen LogP contribution in [0.15, 0.2) is 34.9 Å². The molecule has 1 unspecified atom stereocenters. The number of nitriles is 1. The predicted octanol–water partition coefficient (Wildman–Crippen LogP) is 2.45. The summed E-state index contributed by atoms with van der Waals surface area (Å²) in [6.45, 7) is 1.65. The van der Waals surface area contributed by atoms with Crippen LogP contribution in [0.1, 0.15) is 17.2 Å². The maximum absolute atomic E-state index is 12.1. The molecule has 0 saturated heterocycles. The quantitative estimate of drug-likeness (QED) is 0.875. The van der Waals surface area contributed by atoms with E-state index in [1.165, 1.54) is 12.1 Å². The first-order valence-corrected chi connectivity index (χ1v) is 6.32. The fraction of sp³-hybridized carbons (Fsp3) is 0.143. The van der Waals surface area contributed by atoms with Crippen molar-refractivity contribution in [3.63, 3.8) is 0 Å². The van der Waals surface area contributed by atoms with Gasteiger partial charge in [-0.2, -0.15) is 5.26 Å². The number of carbonyl (C=O) groups is 2. The summed E-state index contributed by atoms with van der Waals surface area (Å²) in [7, 11) is 0. The second-order valence-electron chi connectivity index (χ2n) is 4.26. The smallest absolute Gasteiger partial charge is 0.294 e. The number of hydrogen-bond donors (Lipinski definition) is 1. The highest BCUT2D eigenvalue weighted by molar-refractivity contribution is 6.43. The van der Waals surface area contributed by atoms with E-state index in [0.29, 0.717) is 16.3 Å². The standard InChI is InChI=1S/C14H10ClN3O3/c1-8-5-12(18-21-8)17-14(20)13(19)11(7-16)9-3-2-4-10(15)6-9/h2-6,11H,1H3,(H,17,18,20). The van der Waals surface area contributed by atoms with Gasteiger partial charge in [0.2, 0.25) is 5.78 Å². The minimum atomic E-state index is -1.23. The molecular formula is C14H10ClN3O3. The zero-order valence-corrected chi connectivity index (χ0v) is 11.7. The molecule has 6 nitrogen and oxygen atoms in total. The van der Waals surface area contributed by atoms with Gasteiger partial charge in [-0.3, -0.25) is 9.59 Å². The van der Waals surface area contributed by atoms with Crippen LogP contribution in [0.25, 0.3) is 0 Å². The van der Waals surface area contributed by atoms with Gasteiger partial charge in [0.1, 0.15) is 11.7 Å². The molecule has 2 rings (SSSR count). The van der Waals surface area contributed by atoms with Crippen molar-refractivity contribution >= 4 is 29.1 Å². The number of anilines is 1. The van der Waals surface area contributed by atoms with Gasteiger partial charge in [0, 0.05) is 11.1 Å². The summed E-state index contributed by atoms with van der Waals surface area (Å²) < 4.78 is 4.77. The van der Waals surface area contributed by atoms with Crippen molar-refractivity contribution in [3.05, 3.63) is 46.7 Å². The number of aryl methyl sites for hydroxylation is 1. The lowest BCUT2D eigenvalue weighted by atomic mass is 9.96. The maximum atomic E-state index is 12.1. The van der Waals surface area contributed by atoms with Crippen LogP contribution in [-0.2, 0) is 9.59 Å². The number of aromatic nitrogens is 1. The van der Waals surface area contributed by atoms with E-state index in [9.17, 15) is 9.59 Å². The first-order chi connectivity index (χ1) is 10.0. The van der Waals surface area contributed by atoms with E-state index in [2.05, 4.69) is 10.5 Å². The number of benzene rings is 1. The van der Waals surface area contributed by atoms with Gasteiger partial charge in [0.05, 0.1) is 6.07 Å². The Morgan fingerprint density at radius 2 is 2.19 bits per heavy atom. The third-order valence-corrected chi connectivity index (χ3v) is 2.90. The fourth-order valence-corrected chi connectivity index (χ4v) is 1.90. The molecule has 7 heteroatoms. The Morgan fingerprint density at radius 1 is 1.43 bits per heavy atom. The van der Waals surface area contributed by atoms with Crippen LogP contribution >= 0.6 is 11.6 Å². The van der Waals surface area contributed by atoms with Gasteiger partial charge >= 0.3 is 0 Å². The molecule has 1 aromatic carbocycles. The molecule has 0 fully saturated rings. The summed E-state index contributed by atoms with van der Waals surface area (Å²) in [5.74, 6) is -2.44. The summed E-state index contributed by atoms with van der Waals surface area (Å²) in [6.07, 6.45) is 0. The van der Waals surface area contributed by atoms with E-state index < -0.39 is 17.6 Å². The lowest BCUT2D eigenvalue weighted by Crippen LogP contribution is -2.27. The number of nitrogens with zero attached hydrogens (tertiary/aromatic N) is 2. The second kappa shape index (κ2) is 6.20. The molecule has 1 aromatic heterocycles. The Morgan fingerprint density at radius 3 is 2.76 bits per heavy atom. The highest BCUT2D eigenvalue weighted by atomic mass is 35.5. The second-order valence-corrected chi connectivity index (χ2v) is 4.69. The molecule has 0 saturated carbocycles. The number of carbonyl (C=O) groups excluding carboxylic acids is 2. The first kappa shape index (κ1) is 14.8. The Balaban J connectivity index is 2.17. The molecule has 0 spiro atoms. The van der Waals surface area contributed by atoms with Crippen LogP contribution in [0.2, 0.25) is 5.02 Å². The monoisotopic (exact) mass is 303 g/mol. The van der Waals surface area contributed by atoms with E-state index in [0.717, 1.165) is 0 Å². The molecule has 0 radical (unpaired) electrons. The Kier molecular flexibility index (Phi) is 4.36. The highest BCUT2D eigenvalue weighted by Crippen LogP contribution is 2.20. The third-order valence-electron chi connectivity index (χ3n) is 2.67. The number of amides is 1. The van der Waals surface area contributed by atoms with Gasteiger partial charge in [0.15, 0.2) is 5.82 Å². The molecule has 1 heterocycles. The van der Waals surface area contributed by atoms with Crippen molar-refractivity contribution in [2.24, 2.45) is 0 Å². The fourth-order valence-electron chi connectivity index (χ4n) is 1.71. The van der Waals surface area contributed by atoms with Crippen LogP contribution in [0.3, 0.4) is 0 Å². The van der Waals surface area contributed by atoms with Gasteiger partial charge in [-0.15, -0.1) is 0 Å². The maximum Gasteiger partial charge on any atom is 0.294 e. The van der Waals surface area contributed by atoms with Crippen LogP contribution < -0.4 is 5.32 Å². The molecule has 1 atom stereocenters. The lowest BCUT2D eigenvalue weighted by Gasteiger charge is -2.08. The topological polar surface area (TPSA) is 96.0 Å². The van der Waals surface area contributed by atoms with Crippen molar-refractivity contribution in [1.82, 2.24) is 5.16 Å². The molecule has 1 amide bonds. The SMILES string of the molecule is Cc1cc(NC(=O)C(=O)C(C#N)c2cccc(Cl)c2)no1. The first-order valence-electron chi connectivity index (χ1n) is 5.95. The number of nitrogens with one attached hydrogen (secondary N) is 1. The molecule has 21 heavy (non-hydrogen) atoms. The van der Waals surface area contributed by atoms with Gasteiger partial charge < -0.3 is 9.84 Å². The van der Waals surface area contributed by atoms with Crippen LogP contribution in [0.4, 0.5) is 5.82 Å². The highest BCUT2D eigenvalue weighted by Gasteiger charge is 2.27. The van der Waals surface area contributed by atoms with E-state index in [-0.39, 0.29) is 5.82 Å². The van der Waals surface area contributed by atoms with E-state index in [4.69, 9.17) is 21.4 Å². The number of rotatable bonds is 4. The van der Waals surface area contributed by atoms with Crippen molar-refractivity contribution in [2.75, 3.05) is 5.32 Å². The zero-order valence-electron chi connectivity index (χ0n) is 11.0. The van der Waals surface area contributed by atoms with Gasteiger partial charge in [-0.25, -0.2) is 0 Å². The van der Waals surface area contributed by atoms with Gasteiger partial charge in [-0.1, -0.05) is 28.9 Å². The molecule has 0 aliphatic carbocycles. The minimum absolute atomic E-state index is 0.119. The summed E-state index contributed by atoms with van der Waals surface area (Å²) >= 11 is 5.82. The predicted molar refractivity (Wildman–Crippen MR) is 74.7 cm³/mol. The normalized spacial score (nSPS) is 11.5. The van der Waals surface area contributed by atoms with Crippen LogP contribution in [-0.4, -0.2) is 16.8 Å². The zero-order chi connectivity index (χ0) is 15.4. The number of ketones is 1. The van der Waals surface area contributed by atoms with Crippen LogP contribution in [0.5, 0.6) is 0 Å². The summed E-state index contributed by atoms with van der Waals surface area (Å²) in [6, 6.07) is 9.52. The average molecular weight is 304 g/mol. The van der Waals surface area contributed by atoms with Gasteiger partial charge in [0.25, 0.3) is 5.91 Å². The summed E-state index contributed by atoms with van der Waals surface area (Å²) in [4.78, 5) is 23.9. The average Bonchev–Trinajstić information content (AvgIpc) is 2.85. The van der Waals surface area contributed by atoms with Gasteiger partial charge in [-0.05, 0) is 24.6 Å². The van der Waals surface area contributed by atoms with E-state index in [1.807, 2.05) is 0 Å². The molecule has 2 aromatic rings. The Labute approximate surface area is 125 Å². The molecular weight excluding hydrogens is 294 g/mol. The third kappa shape index (κ3) is 3.46. The van der Waals surface area contributed by atoms with Crippen molar-refractivity contribution in [3.8, 4) is 6.07 Å². The molecule has 106 valence electrons. The molecule has 0 aliphatic heterocycles. The van der Waals surface area contributed by atoms with Crippen molar-refractivity contribution < 1.29 is 14.1 Å². The van der Waals surface area contributed by atoms with Crippen molar-refractivity contribution in [1.29, 1.82) is 5.26 Å². The van der Waals surface area contributed by atoms with Crippen molar-refractivity contribution in [2.45, 2.75) is 12.8 Å². The summed E-state index contributed by atoms with van der Waals surface area (Å²) in [5.41, 5.74) is 0.362. The molecule has 1 N–H and O–H groups in total.